The number of aromatic nitrogens is 1. The number of carbonyl (C=O) groups is 2. The summed E-state index contributed by atoms with van der Waals surface area (Å²) in [6.45, 7) is 0.833. The van der Waals surface area contributed by atoms with Crippen LogP contribution in [0.4, 0.5) is 4.39 Å². The number of piperidine rings is 1. The van der Waals surface area contributed by atoms with E-state index in [9.17, 15) is 14.0 Å². The Balaban J connectivity index is 1.72. The van der Waals surface area contributed by atoms with E-state index < -0.39 is 10.8 Å². The van der Waals surface area contributed by atoms with Gasteiger partial charge in [0, 0.05) is 31.9 Å². The third-order valence-corrected chi connectivity index (χ3v) is 6.85. The molecule has 2 aliphatic rings. The van der Waals surface area contributed by atoms with Crippen molar-refractivity contribution in [3.05, 3.63) is 65.7 Å². The number of likely N-dealkylation sites (N-methyl/N-ethyl adjacent to an activating group) is 1. The van der Waals surface area contributed by atoms with Crippen LogP contribution in [0.3, 0.4) is 0 Å². The van der Waals surface area contributed by atoms with Crippen LogP contribution in [0.15, 0.2) is 48.7 Å². The Morgan fingerprint density at radius 1 is 1.00 bits per heavy atom. The quantitative estimate of drug-likeness (QED) is 0.843. The Morgan fingerprint density at radius 3 is 2.37 bits per heavy atom. The Hall–Kier alpha value is -2.76. The smallest absolute Gasteiger partial charge is 0.233 e. The van der Waals surface area contributed by atoms with E-state index in [2.05, 4.69) is 10.3 Å². The number of nitrogens with zero attached hydrogens (tertiary/aromatic N) is 2. The van der Waals surface area contributed by atoms with E-state index in [-0.39, 0.29) is 24.2 Å². The number of likely N-dealkylation sites (tertiary alicyclic amines) is 1. The van der Waals surface area contributed by atoms with Crippen LogP contribution in [0, 0.1) is 5.82 Å². The molecule has 1 aliphatic heterocycles. The van der Waals surface area contributed by atoms with Gasteiger partial charge in [-0.15, -0.1) is 0 Å². The highest BCUT2D eigenvalue weighted by Gasteiger charge is 2.51. The molecule has 1 aromatic carbocycles. The van der Waals surface area contributed by atoms with Crippen LogP contribution in [0.25, 0.3) is 0 Å². The molecule has 1 saturated carbocycles. The van der Waals surface area contributed by atoms with Gasteiger partial charge in [0.25, 0.3) is 0 Å². The summed E-state index contributed by atoms with van der Waals surface area (Å²) in [7, 11) is 1.62. The highest BCUT2D eigenvalue weighted by Crippen LogP contribution is 2.45. The van der Waals surface area contributed by atoms with E-state index in [4.69, 9.17) is 0 Å². The summed E-state index contributed by atoms with van der Waals surface area (Å²) < 4.78 is 14.8. The first-order valence-electron chi connectivity index (χ1n) is 10.7. The molecule has 30 heavy (non-hydrogen) atoms. The number of halogens is 1. The Labute approximate surface area is 176 Å². The van der Waals surface area contributed by atoms with E-state index in [0.717, 1.165) is 12.8 Å². The summed E-state index contributed by atoms with van der Waals surface area (Å²) in [4.78, 5) is 33.2. The molecule has 0 spiro atoms. The van der Waals surface area contributed by atoms with Crippen LogP contribution >= 0.6 is 0 Å². The first-order valence-corrected chi connectivity index (χ1v) is 10.7. The Bertz CT molecular complexity index is 927. The molecule has 0 unspecified atom stereocenters. The number of hydrogen-bond donors (Lipinski definition) is 1. The average molecular weight is 410 g/mol. The van der Waals surface area contributed by atoms with Gasteiger partial charge in [0.05, 0.1) is 11.1 Å². The predicted octanol–water partition coefficient (Wildman–Crippen LogP) is 3.34. The lowest BCUT2D eigenvalue weighted by atomic mass is 9.73. The van der Waals surface area contributed by atoms with Crippen molar-refractivity contribution in [3.8, 4) is 0 Å². The van der Waals surface area contributed by atoms with Crippen molar-refractivity contribution < 1.29 is 14.0 Å². The zero-order chi connectivity index (χ0) is 21.2. The van der Waals surface area contributed by atoms with Crippen molar-refractivity contribution in [2.75, 3.05) is 20.1 Å². The van der Waals surface area contributed by atoms with Gasteiger partial charge in [-0.1, -0.05) is 37.1 Å². The fourth-order valence-corrected chi connectivity index (χ4v) is 5.35. The maximum atomic E-state index is 14.8. The first kappa shape index (κ1) is 20.5. The molecule has 1 atom stereocenters. The summed E-state index contributed by atoms with van der Waals surface area (Å²) in [5.74, 6) is -0.522. The van der Waals surface area contributed by atoms with Crippen molar-refractivity contribution in [3.63, 3.8) is 0 Å². The van der Waals surface area contributed by atoms with Gasteiger partial charge in [-0.25, -0.2) is 4.39 Å². The molecule has 2 aromatic rings. The first-order chi connectivity index (χ1) is 14.5. The fraction of sp³-hybridized carbons (Fsp3) is 0.458. The van der Waals surface area contributed by atoms with Crippen molar-refractivity contribution >= 4 is 11.8 Å². The maximum absolute atomic E-state index is 14.8. The van der Waals surface area contributed by atoms with Crippen LogP contribution in [0.1, 0.15) is 49.8 Å². The highest BCUT2D eigenvalue weighted by molar-refractivity contribution is 5.92. The van der Waals surface area contributed by atoms with Gasteiger partial charge in [0.1, 0.15) is 11.2 Å². The van der Waals surface area contributed by atoms with Gasteiger partial charge in [-0.2, -0.15) is 0 Å². The standard InChI is InChI=1S/C24H28FN3O2/c1-26-21(29)24(20-11-4-7-15-27-20)14-8-16-28(17-24)22(30)23(12-5-6-13-23)18-9-2-3-10-19(18)25/h2-4,7,9-11,15H,5-6,8,12-14,16-17H2,1H3,(H,26,29)/t24-/m0/s1. The number of rotatable bonds is 4. The molecule has 5 nitrogen and oxygen atoms in total. The largest absolute Gasteiger partial charge is 0.358 e. The zero-order valence-corrected chi connectivity index (χ0v) is 17.4. The van der Waals surface area contributed by atoms with Gasteiger partial charge >= 0.3 is 0 Å². The molecule has 1 saturated heterocycles. The lowest BCUT2D eigenvalue weighted by Gasteiger charge is -2.44. The van der Waals surface area contributed by atoms with Crippen LogP contribution in [0.5, 0.6) is 0 Å². The molecule has 1 N–H and O–H groups in total. The van der Waals surface area contributed by atoms with E-state index in [0.29, 0.717) is 43.5 Å². The molecular formula is C24H28FN3O2. The van der Waals surface area contributed by atoms with Gasteiger partial charge in [0.2, 0.25) is 11.8 Å². The molecule has 0 radical (unpaired) electrons. The number of carbonyl (C=O) groups excluding carboxylic acids is 2. The molecule has 158 valence electrons. The molecule has 4 rings (SSSR count). The molecule has 0 bridgehead atoms. The monoisotopic (exact) mass is 409 g/mol. The number of amides is 2. The van der Waals surface area contributed by atoms with Gasteiger partial charge < -0.3 is 10.2 Å². The maximum Gasteiger partial charge on any atom is 0.233 e. The average Bonchev–Trinajstić information content (AvgIpc) is 3.29. The number of hydrogen-bond acceptors (Lipinski definition) is 3. The van der Waals surface area contributed by atoms with Crippen molar-refractivity contribution in [2.24, 2.45) is 0 Å². The zero-order valence-electron chi connectivity index (χ0n) is 17.4. The summed E-state index contributed by atoms with van der Waals surface area (Å²) in [6, 6.07) is 12.2. The van der Waals surface area contributed by atoms with Gasteiger partial charge in [0.15, 0.2) is 0 Å². The minimum Gasteiger partial charge on any atom is -0.358 e. The van der Waals surface area contributed by atoms with Gasteiger partial charge in [-0.05, 0) is 43.9 Å². The number of benzene rings is 1. The summed E-state index contributed by atoms with van der Waals surface area (Å²) in [5.41, 5.74) is -0.574. The fourth-order valence-electron chi connectivity index (χ4n) is 5.35. The van der Waals surface area contributed by atoms with Crippen LogP contribution in [-0.4, -0.2) is 41.8 Å². The molecule has 2 amide bonds. The van der Waals surface area contributed by atoms with E-state index in [1.807, 2.05) is 18.2 Å². The summed E-state index contributed by atoms with van der Waals surface area (Å²) in [5, 5.41) is 2.78. The second-order valence-corrected chi connectivity index (χ2v) is 8.48. The predicted molar refractivity (Wildman–Crippen MR) is 112 cm³/mol. The summed E-state index contributed by atoms with van der Waals surface area (Å²) in [6.07, 6.45) is 6.07. The van der Waals surface area contributed by atoms with Crippen molar-refractivity contribution in [1.29, 1.82) is 0 Å². The minimum absolute atomic E-state index is 0.0611. The second kappa shape index (κ2) is 8.17. The normalized spacial score (nSPS) is 23.2. The molecule has 2 fully saturated rings. The van der Waals surface area contributed by atoms with Crippen LogP contribution < -0.4 is 5.32 Å². The van der Waals surface area contributed by atoms with Crippen molar-refractivity contribution in [2.45, 2.75) is 49.4 Å². The molecule has 2 heterocycles. The highest BCUT2D eigenvalue weighted by atomic mass is 19.1. The Morgan fingerprint density at radius 2 is 1.70 bits per heavy atom. The van der Waals surface area contributed by atoms with Gasteiger partial charge in [-0.3, -0.25) is 14.6 Å². The second-order valence-electron chi connectivity index (χ2n) is 8.48. The minimum atomic E-state index is -0.890. The molecule has 6 heteroatoms. The van der Waals surface area contributed by atoms with E-state index in [1.165, 1.54) is 6.07 Å². The Kier molecular flexibility index (Phi) is 5.58. The number of nitrogens with one attached hydrogen (secondary N) is 1. The SMILES string of the molecule is CNC(=O)[C@@]1(c2ccccn2)CCCN(C(=O)C2(c3ccccc3F)CCCC2)C1. The van der Waals surface area contributed by atoms with E-state index in [1.54, 1.807) is 36.3 Å². The molecule has 1 aromatic heterocycles. The molecule has 1 aliphatic carbocycles. The third kappa shape index (κ3) is 3.28. The third-order valence-electron chi connectivity index (χ3n) is 6.85. The van der Waals surface area contributed by atoms with Crippen molar-refractivity contribution in [1.82, 2.24) is 15.2 Å². The molecular weight excluding hydrogens is 381 g/mol. The lowest BCUT2D eigenvalue weighted by molar-refractivity contribution is -0.142. The number of pyridine rings is 1. The van der Waals surface area contributed by atoms with E-state index >= 15 is 0 Å². The topological polar surface area (TPSA) is 62.3 Å². The van der Waals surface area contributed by atoms with Crippen LogP contribution in [0.2, 0.25) is 0 Å². The lowest BCUT2D eigenvalue weighted by Crippen LogP contribution is -2.58. The summed E-state index contributed by atoms with van der Waals surface area (Å²) >= 11 is 0. The van der Waals surface area contributed by atoms with Crippen LogP contribution in [-0.2, 0) is 20.4 Å².